The zero-order valence-corrected chi connectivity index (χ0v) is 11.9. The predicted octanol–water partition coefficient (Wildman–Crippen LogP) is 1.65. The molecule has 0 spiro atoms. The third kappa shape index (κ3) is 2.88. The second-order valence-electron chi connectivity index (χ2n) is 4.74. The van der Waals surface area contributed by atoms with Gasteiger partial charge in [-0.3, -0.25) is 4.79 Å². The molecule has 0 atom stereocenters. The molecule has 0 aromatic heterocycles. The Morgan fingerprint density at radius 2 is 1.90 bits per heavy atom. The van der Waals surface area contributed by atoms with Gasteiger partial charge in [0.15, 0.2) is 11.5 Å². The molecule has 0 unspecified atom stereocenters. The molecular weight excluding hydrogens is 254 g/mol. The summed E-state index contributed by atoms with van der Waals surface area (Å²) in [5, 5.41) is 0. The van der Waals surface area contributed by atoms with Crippen molar-refractivity contribution in [2.45, 2.75) is 19.3 Å². The van der Waals surface area contributed by atoms with E-state index in [9.17, 15) is 4.79 Å². The summed E-state index contributed by atoms with van der Waals surface area (Å²) in [7, 11) is 3.22. The number of rotatable bonds is 4. The third-order valence-electron chi connectivity index (χ3n) is 3.58. The van der Waals surface area contributed by atoms with Crippen LogP contribution in [0.5, 0.6) is 11.5 Å². The molecule has 4 nitrogen and oxygen atoms in total. The summed E-state index contributed by atoms with van der Waals surface area (Å²) in [6.07, 6.45) is 7.06. The zero-order chi connectivity index (χ0) is 14.5. The Bertz CT molecular complexity index is 545. The van der Waals surface area contributed by atoms with E-state index in [0.717, 1.165) is 17.5 Å². The summed E-state index contributed by atoms with van der Waals surface area (Å²) in [6, 6.07) is 3.86. The summed E-state index contributed by atoms with van der Waals surface area (Å²) >= 11 is 0. The van der Waals surface area contributed by atoms with Crippen molar-refractivity contribution in [2.24, 2.45) is 0 Å². The summed E-state index contributed by atoms with van der Waals surface area (Å²) < 4.78 is 10.6. The van der Waals surface area contributed by atoms with E-state index in [1.165, 1.54) is 0 Å². The van der Waals surface area contributed by atoms with E-state index in [0.29, 0.717) is 37.4 Å². The minimum Gasteiger partial charge on any atom is -0.493 e. The molecule has 1 amide bonds. The highest BCUT2D eigenvalue weighted by molar-refractivity contribution is 5.80. The van der Waals surface area contributed by atoms with Gasteiger partial charge in [-0.15, -0.1) is 12.3 Å². The molecule has 0 saturated carbocycles. The lowest BCUT2D eigenvalue weighted by molar-refractivity contribution is -0.130. The monoisotopic (exact) mass is 273 g/mol. The van der Waals surface area contributed by atoms with Crippen LogP contribution in [0.1, 0.15) is 17.5 Å². The van der Waals surface area contributed by atoms with Crippen LogP contribution in [-0.2, 0) is 17.6 Å². The normalized spacial score (nSPS) is 14.2. The maximum absolute atomic E-state index is 12.2. The van der Waals surface area contributed by atoms with Crippen molar-refractivity contribution in [3.63, 3.8) is 0 Å². The summed E-state index contributed by atoms with van der Waals surface area (Å²) in [5.74, 6) is 4.06. The highest BCUT2D eigenvalue weighted by Crippen LogP contribution is 2.32. The van der Waals surface area contributed by atoms with E-state index in [1.807, 2.05) is 17.0 Å². The van der Waals surface area contributed by atoms with E-state index >= 15 is 0 Å². The van der Waals surface area contributed by atoms with Crippen molar-refractivity contribution in [3.05, 3.63) is 23.3 Å². The topological polar surface area (TPSA) is 38.8 Å². The van der Waals surface area contributed by atoms with E-state index in [2.05, 4.69) is 5.92 Å². The average Bonchev–Trinajstić information content (AvgIpc) is 2.61. The number of terminal acetylenes is 1. The Hall–Kier alpha value is -2.15. The van der Waals surface area contributed by atoms with Gasteiger partial charge in [0.2, 0.25) is 5.91 Å². The van der Waals surface area contributed by atoms with Crippen molar-refractivity contribution in [1.29, 1.82) is 0 Å². The van der Waals surface area contributed by atoms with Gasteiger partial charge >= 0.3 is 0 Å². The van der Waals surface area contributed by atoms with Gasteiger partial charge in [-0.2, -0.15) is 0 Å². The smallest absolute Gasteiger partial charge is 0.227 e. The summed E-state index contributed by atoms with van der Waals surface area (Å²) in [4.78, 5) is 14.1. The van der Waals surface area contributed by atoms with Crippen LogP contribution in [0.4, 0.5) is 0 Å². The zero-order valence-electron chi connectivity index (χ0n) is 11.9. The largest absolute Gasteiger partial charge is 0.493 e. The molecule has 1 aliphatic heterocycles. The molecule has 0 aliphatic carbocycles. The van der Waals surface area contributed by atoms with E-state index in [-0.39, 0.29) is 5.91 Å². The minimum atomic E-state index is 0.117. The summed E-state index contributed by atoms with van der Waals surface area (Å²) in [5.41, 5.74) is 2.15. The Kier molecular flexibility index (Phi) is 4.52. The SMILES string of the molecule is C#CCCN1CCc2cc(OC)c(OC)cc2CC1=O. The second kappa shape index (κ2) is 6.33. The van der Waals surface area contributed by atoms with Gasteiger partial charge < -0.3 is 14.4 Å². The number of hydrogen-bond donors (Lipinski definition) is 0. The molecule has 1 aromatic rings. The molecule has 1 aromatic carbocycles. The summed E-state index contributed by atoms with van der Waals surface area (Å²) in [6.45, 7) is 1.32. The Balaban J connectivity index is 2.26. The standard InChI is InChI=1S/C16H19NO3/c1-4-5-7-17-8-6-12-9-14(19-2)15(20-3)10-13(12)11-16(17)18/h1,9-10H,5-8,11H2,2-3H3. The van der Waals surface area contributed by atoms with E-state index < -0.39 is 0 Å². The number of fused-ring (bicyclic) bond motifs is 1. The Labute approximate surface area is 119 Å². The van der Waals surface area contributed by atoms with Gasteiger partial charge in [0, 0.05) is 19.5 Å². The van der Waals surface area contributed by atoms with E-state index in [4.69, 9.17) is 15.9 Å². The number of benzene rings is 1. The molecule has 0 saturated heterocycles. The molecule has 1 aliphatic rings. The lowest BCUT2D eigenvalue weighted by atomic mass is 10.0. The third-order valence-corrected chi connectivity index (χ3v) is 3.58. The van der Waals surface area contributed by atoms with Gasteiger partial charge in [-0.1, -0.05) is 0 Å². The van der Waals surface area contributed by atoms with Crippen molar-refractivity contribution < 1.29 is 14.3 Å². The Morgan fingerprint density at radius 1 is 1.25 bits per heavy atom. The quantitative estimate of drug-likeness (QED) is 0.783. The lowest BCUT2D eigenvalue weighted by Crippen LogP contribution is -2.32. The van der Waals surface area contributed by atoms with Gasteiger partial charge in [0.25, 0.3) is 0 Å². The highest BCUT2D eigenvalue weighted by Gasteiger charge is 2.22. The fourth-order valence-corrected chi connectivity index (χ4v) is 2.45. The number of nitrogens with zero attached hydrogens (tertiary/aromatic N) is 1. The number of amides is 1. The van der Waals surface area contributed by atoms with Gasteiger partial charge in [-0.25, -0.2) is 0 Å². The molecule has 0 bridgehead atoms. The average molecular weight is 273 g/mol. The molecular formula is C16H19NO3. The van der Waals surface area contributed by atoms with Gasteiger partial charge in [-0.05, 0) is 29.7 Å². The van der Waals surface area contributed by atoms with Crippen LogP contribution in [0.15, 0.2) is 12.1 Å². The van der Waals surface area contributed by atoms with Crippen LogP contribution in [0, 0.1) is 12.3 Å². The molecule has 0 N–H and O–H groups in total. The molecule has 0 radical (unpaired) electrons. The van der Waals surface area contributed by atoms with E-state index in [1.54, 1.807) is 14.2 Å². The van der Waals surface area contributed by atoms with Crippen LogP contribution in [-0.4, -0.2) is 38.1 Å². The van der Waals surface area contributed by atoms with Crippen LogP contribution in [0.25, 0.3) is 0 Å². The van der Waals surface area contributed by atoms with Gasteiger partial charge in [0.05, 0.1) is 20.6 Å². The number of carbonyl (C=O) groups is 1. The molecule has 106 valence electrons. The fourth-order valence-electron chi connectivity index (χ4n) is 2.45. The van der Waals surface area contributed by atoms with Crippen LogP contribution >= 0.6 is 0 Å². The number of methoxy groups -OCH3 is 2. The lowest BCUT2D eigenvalue weighted by Gasteiger charge is -2.18. The first-order valence-corrected chi connectivity index (χ1v) is 6.64. The Morgan fingerprint density at radius 3 is 2.50 bits per heavy atom. The first-order valence-electron chi connectivity index (χ1n) is 6.64. The van der Waals surface area contributed by atoms with Crippen LogP contribution in [0.2, 0.25) is 0 Å². The molecule has 2 rings (SSSR count). The van der Waals surface area contributed by atoms with Crippen molar-refractivity contribution in [2.75, 3.05) is 27.3 Å². The maximum Gasteiger partial charge on any atom is 0.227 e. The molecule has 4 heteroatoms. The molecule has 1 heterocycles. The second-order valence-corrected chi connectivity index (χ2v) is 4.74. The minimum absolute atomic E-state index is 0.117. The first kappa shape index (κ1) is 14.3. The van der Waals surface area contributed by atoms with Crippen LogP contribution in [0.3, 0.4) is 0 Å². The maximum atomic E-state index is 12.2. The molecule has 20 heavy (non-hydrogen) atoms. The fraction of sp³-hybridized carbons (Fsp3) is 0.438. The number of hydrogen-bond acceptors (Lipinski definition) is 3. The predicted molar refractivity (Wildman–Crippen MR) is 77.0 cm³/mol. The first-order chi connectivity index (χ1) is 9.69. The molecule has 0 fully saturated rings. The van der Waals surface area contributed by atoms with Crippen molar-refractivity contribution in [3.8, 4) is 23.8 Å². The number of carbonyl (C=O) groups excluding carboxylic acids is 1. The number of ether oxygens (including phenoxy) is 2. The van der Waals surface area contributed by atoms with Crippen molar-refractivity contribution in [1.82, 2.24) is 4.90 Å². The van der Waals surface area contributed by atoms with Crippen molar-refractivity contribution >= 4 is 5.91 Å². The highest BCUT2D eigenvalue weighted by atomic mass is 16.5. The van der Waals surface area contributed by atoms with Gasteiger partial charge in [0.1, 0.15) is 0 Å². The van der Waals surface area contributed by atoms with Crippen LogP contribution < -0.4 is 9.47 Å².